The Bertz CT molecular complexity index is 1170. The Labute approximate surface area is 196 Å². The number of halogens is 1. The maximum atomic E-state index is 12.9. The van der Waals surface area contributed by atoms with Crippen LogP contribution < -0.4 is 10.7 Å². The molecule has 1 aliphatic heterocycles. The highest BCUT2D eigenvalue weighted by Gasteiger charge is 2.25. The van der Waals surface area contributed by atoms with Crippen molar-refractivity contribution in [3.63, 3.8) is 0 Å². The van der Waals surface area contributed by atoms with Crippen molar-refractivity contribution < 1.29 is 9.21 Å². The first-order valence-corrected chi connectivity index (χ1v) is 11.9. The molecule has 6 heteroatoms. The van der Waals surface area contributed by atoms with Gasteiger partial charge in [0.25, 0.3) is 5.91 Å². The van der Waals surface area contributed by atoms with Gasteiger partial charge in [-0.25, -0.2) is 0 Å². The van der Waals surface area contributed by atoms with Gasteiger partial charge in [-0.3, -0.25) is 14.5 Å². The van der Waals surface area contributed by atoms with Crippen molar-refractivity contribution in [2.45, 2.75) is 45.1 Å². The van der Waals surface area contributed by atoms with Crippen molar-refractivity contribution in [2.75, 3.05) is 19.6 Å². The Balaban J connectivity index is 1.55. The number of nitrogens with one attached hydrogen (secondary N) is 1. The molecule has 0 radical (unpaired) electrons. The van der Waals surface area contributed by atoms with Crippen LogP contribution in [-0.2, 0) is 5.41 Å². The summed E-state index contributed by atoms with van der Waals surface area (Å²) in [5.41, 5.74) is 2.74. The summed E-state index contributed by atoms with van der Waals surface area (Å²) in [5.74, 6) is -0.344. The molecule has 32 heavy (non-hydrogen) atoms. The zero-order valence-electron chi connectivity index (χ0n) is 18.8. The first-order valence-electron chi connectivity index (χ1n) is 11.1. The fourth-order valence-corrected chi connectivity index (χ4v) is 4.57. The van der Waals surface area contributed by atoms with Crippen molar-refractivity contribution in [1.29, 1.82) is 0 Å². The monoisotopic (exact) mass is 496 g/mol. The van der Waals surface area contributed by atoms with Crippen LogP contribution in [0.2, 0.25) is 0 Å². The minimum atomic E-state index is -0.375. The quantitative estimate of drug-likeness (QED) is 0.512. The highest BCUT2D eigenvalue weighted by molar-refractivity contribution is 9.10. The number of fused-ring (bicyclic) bond motifs is 1. The van der Waals surface area contributed by atoms with E-state index < -0.39 is 0 Å². The van der Waals surface area contributed by atoms with Gasteiger partial charge < -0.3 is 9.73 Å². The van der Waals surface area contributed by atoms with E-state index in [4.69, 9.17) is 4.42 Å². The van der Waals surface area contributed by atoms with E-state index in [0.717, 1.165) is 17.6 Å². The standard InChI is InChI=1S/C26H29BrN2O3/c1-26(2,3)18-8-6-17(7-9-18)21(29-12-4-5-13-29)16-28-25(31)24-15-22(30)20-11-10-19(27)14-23(20)32-24/h6-11,14-15,21H,4-5,12-13,16H2,1-3H3,(H,28,31)/t21-/m1/s1. The summed E-state index contributed by atoms with van der Waals surface area (Å²) in [4.78, 5) is 27.7. The SMILES string of the molecule is CC(C)(C)c1ccc([C@@H](CNC(=O)c2cc(=O)c3ccc(Br)cc3o2)N2CCCC2)cc1. The Kier molecular flexibility index (Phi) is 6.54. The van der Waals surface area contributed by atoms with Gasteiger partial charge in [0.2, 0.25) is 0 Å². The maximum Gasteiger partial charge on any atom is 0.287 e. The molecule has 2 heterocycles. The molecule has 1 atom stereocenters. The van der Waals surface area contributed by atoms with Crippen LogP contribution in [0.3, 0.4) is 0 Å². The largest absolute Gasteiger partial charge is 0.451 e. The first kappa shape index (κ1) is 22.7. The Morgan fingerprint density at radius 3 is 2.44 bits per heavy atom. The number of hydrogen-bond acceptors (Lipinski definition) is 4. The molecule has 1 amide bonds. The average molecular weight is 497 g/mol. The van der Waals surface area contributed by atoms with Crippen molar-refractivity contribution in [1.82, 2.24) is 10.2 Å². The zero-order chi connectivity index (χ0) is 22.9. The number of carbonyl (C=O) groups excluding carboxylic acids is 1. The molecule has 0 bridgehead atoms. The molecule has 5 nitrogen and oxygen atoms in total. The van der Waals surface area contributed by atoms with E-state index in [1.165, 1.54) is 30.0 Å². The van der Waals surface area contributed by atoms with Crippen LogP contribution in [0.5, 0.6) is 0 Å². The van der Waals surface area contributed by atoms with Gasteiger partial charge in [-0.2, -0.15) is 0 Å². The molecule has 0 saturated carbocycles. The van der Waals surface area contributed by atoms with Crippen molar-refractivity contribution in [3.05, 3.63) is 80.1 Å². The van der Waals surface area contributed by atoms with E-state index in [1.54, 1.807) is 18.2 Å². The molecule has 3 aromatic rings. The summed E-state index contributed by atoms with van der Waals surface area (Å²) in [6.07, 6.45) is 2.33. The van der Waals surface area contributed by atoms with Crippen LogP contribution in [0, 0.1) is 0 Å². The van der Waals surface area contributed by atoms with E-state index in [2.05, 4.69) is 71.2 Å². The van der Waals surface area contributed by atoms with E-state index in [1.807, 2.05) is 0 Å². The summed E-state index contributed by atoms with van der Waals surface area (Å²) in [6.45, 7) is 9.09. The van der Waals surface area contributed by atoms with Gasteiger partial charge in [-0.15, -0.1) is 0 Å². The Morgan fingerprint density at radius 2 is 1.78 bits per heavy atom. The zero-order valence-corrected chi connectivity index (χ0v) is 20.4. The maximum absolute atomic E-state index is 12.9. The summed E-state index contributed by atoms with van der Waals surface area (Å²) in [7, 11) is 0. The van der Waals surface area contributed by atoms with Gasteiger partial charge in [0.05, 0.1) is 11.4 Å². The summed E-state index contributed by atoms with van der Waals surface area (Å²) in [6, 6.07) is 15.2. The number of hydrogen-bond donors (Lipinski definition) is 1. The van der Waals surface area contributed by atoms with Crippen molar-refractivity contribution >= 4 is 32.8 Å². The highest BCUT2D eigenvalue weighted by Crippen LogP contribution is 2.28. The fraction of sp³-hybridized carbons (Fsp3) is 0.385. The number of rotatable bonds is 5. The summed E-state index contributed by atoms with van der Waals surface area (Å²) in [5, 5.41) is 3.46. The lowest BCUT2D eigenvalue weighted by atomic mass is 9.86. The smallest absolute Gasteiger partial charge is 0.287 e. The second kappa shape index (κ2) is 9.20. The van der Waals surface area contributed by atoms with Crippen LogP contribution in [0.15, 0.2) is 62.2 Å². The van der Waals surface area contributed by atoms with Crippen molar-refractivity contribution in [3.8, 4) is 0 Å². The lowest BCUT2D eigenvalue weighted by molar-refractivity contribution is 0.0910. The van der Waals surface area contributed by atoms with Gasteiger partial charge in [0, 0.05) is 17.1 Å². The van der Waals surface area contributed by atoms with Gasteiger partial charge >= 0.3 is 0 Å². The molecule has 1 aromatic heterocycles. The van der Waals surface area contributed by atoms with E-state index in [-0.39, 0.29) is 28.6 Å². The predicted molar refractivity (Wildman–Crippen MR) is 131 cm³/mol. The second-order valence-electron chi connectivity index (χ2n) is 9.46. The number of likely N-dealkylation sites (tertiary alicyclic amines) is 1. The molecule has 0 aliphatic carbocycles. The molecule has 0 unspecified atom stereocenters. The van der Waals surface area contributed by atoms with Gasteiger partial charge in [0.1, 0.15) is 5.58 Å². The normalized spacial score (nSPS) is 15.8. The molecule has 1 aliphatic rings. The third-order valence-electron chi connectivity index (χ3n) is 6.11. The van der Waals surface area contributed by atoms with E-state index in [9.17, 15) is 9.59 Å². The lowest BCUT2D eigenvalue weighted by Crippen LogP contribution is -2.37. The average Bonchev–Trinajstić information content (AvgIpc) is 3.27. The lowest BCUT2D eigenvalue weighted by Gasteiger charge is -2.29. The van der Waals surface area contributed by atoms with Crippen LogP contribution in [0.4, 0.5) is 0 Å². The van der Waals surface area contributed by atoms with Gasteiger partial charge in [-0.05, 0) is 60.7 Å². The molecule has 2 aromatic carbocycles. The molecule has 1 fully saturated rings. The highest BCUT2D eigenvalue weighted by atomic mass is 79.9. The molecule has 1 saturated heterocycles. The van der Waals surface area contributed by atoms with Crippen LogP contribution in [-0.4, -0.2) is 30.4 Å². The molecule has 0 spiro atoms. The first-order chi connectivity index (χ1) is 15.2. The molecule has 1 N–H and O–H groups in total. The molecular formula is C26H29BrN2O3. The fourth-order valence-electron chi connectivity index (χ4n) is 4.23. The predicted octanol–water partition coefficient (Wildman–Crippen LogP) is 5.42. The summed E-state index contributed by atoms with van der Waals surface area (Å²) >= 11 is 3.38. The van der Waals surface area contributed by atoms with Crippen molar-refractivity contribution in [2.24, 2.45) is 0 Å². The number of benzene rings is 2. The minimum Gasteiger partial charge on any atom is -0.451 e. The number of amides is 1. The van der Waals surface area contributed by atoms with Gasteiger partial charge in [-0.1, -0.05) is 61.0 Å². The van der Waals surface area contributed by atoms with Crippen LogP contribution in [0.25, 0.3) is 11.0 Å². The molecular weight excluding hydrogens is 468 g/mol. The summed E-state index contributed by atoms with van der Waals surface area (Å²) < 4.78 is 6.54. The van der Waals surface area contributed by atoms with E-state index in [0.29, 0.717) is 17.5 Å². The third-order valence-corrected chi connectivity index (χ3v) is 6.61. The van der Waals surface area contributed by atoms with Crippen LogP contribution in [0.1, 0.15) is 61.3 Å². The molecule has 4 rings (SSSR count). The topological polar surface area (TPSA) is 62.6 Å². The third kappa shape index (κ3) is 4.97. The second-order valence-corrected chi connectivity index (χ2v) is 10.4. The Hall–Kier alpha value is -2.44. The van der Waals surface area contributed by atoms with Gasteiger partial charge in [0.15, 0.2) is 11.2 Å². The number of carbonyl (C=O) groups is 1. The minimum absolute atomic E-state index is 0.0313. The molecule has 168 valence electrons. The van der Waals surface area contributed by atoms with Crippen LogP contribution >= 0.6 is 15.9 Å². The number of nitrogens with zero attached hydrogens (tertiary/aromatic N) is 1. The Morgan fingerprint density at radius 1 is 1.09 bits per heavy atom. The van der Waals surface area contributed by atoms with E-state index >= 15 is 0 Å².